The molecule has 0 spiro atoms. The molecule has 0 aliphatic carbocycles. The Bertz CT molecular complexity index is 424. The molecule has 1 aromatic rings. The summed E-state index contributed by atoms with van der Waals surface area (Å²) in [5, 5.41) is 8.30. The zero-order chi connectivity index (χ0) is 12.0. The second kappa shape index (κ2) is 5.86. The molecule has 0 atom stereocenters. The first-order valence-corrected chi connectivity index (χ1v) is 4.95. The fraction of sp³-hybridized carbons (Fsp3) is 0.333. The molecule has 84 valence electrons. The monoisotopic (exact) mass is 221 g/mol. The summed E-state index contributed by atoms with van der Waals surface area (Å²) >= 11 is 0. The number of ether oxygens (including phenoxy) is 1. The molecule has 1 aromatic carbocycles. The van der Waals surface area contributed by atoms with Crippen LogP contribution in [0.1, 0.15) is 30.1 Å². The minimum absolute atomic E-state index is 0.114. The molecule has 0 fully saturated rings. The van der Waals surface area contributed by atoms with Crippen molar-refractivity contribution in [1.82, 2.24) is 0 Å². The molecule has 0 aliphatic heterocycles. The molecule has 0 heterocycles. The quantitative estimate of drug-likeness (QED) is 0.567. The number of benzene rings is 1. The number of ketones is 1. The van der Waals surface area contributed by atoms with E-state index in [-0.39, 0.29) is 11.5 Å². The van der Waals surface area contributed by atoms with Gasteiger partial charge in [0, 0.05) is 12.0 Å². The summed E-state index contributed by atoms with van der Waals surface area (Å²) in [7, 11) is 0. The van der Waals surface area contributed by atoms with Crippen LogP contribution < -0.4 is 4.74 Å². The predicted molar refractivity (Wildman–Crippen MR) is 56.7 cm³/mol. The van der Waals surface area contributed by atoms with Gasteiger partial charge in [-0.2, -0.15) is 5.26 Å². The standard InChI is InChI=1S/C12H12FNO2/c1-9(15)10-4-5-12(11(13)8-10)16-7-3-2-6-14/h4-5,8H,2-3,7H2,1H3. The van der Waals surface area contributed by atoms with Crippen molar-refractivity contribution in [3.05, 3.63) is 29.6 Å². The Morgan fingerprint density at radius 3 is 2.88 bits per heavy atom. The smallest absolute Gasteiger partial charge is 0.165 e. The van der Waals surface area contributed by atoms with Crippen LogP contribution in [0.2, 0.25) is 0 Å². The molecule has 0 N–H and O–H groups in total. The van der Waals surface area contributed by atoms with Gasteiger partial charge in [0.25, 0.3) is 0 Å². The molecule has 0 aromatic heterocycles. The zero-order valence-electron chi connectivity index (χ0n) is 9.00. The molecule has 0 radical (unpaired) electrons. The van der Waals surface area contributed by atoms with Crippen molar-refractivity contribution in [2.75, 3.05) is 6.61 Å². The van der Waals surface area contributed by atoms with Gasteiger partial charge in [0.05, 0.1) is 12.7 Å². The SMILES string of the molecule is CC(=O)c1ccc(OCCCC#N)c(F)c1. The van der Waals surface area contributed by atoms with Crippen molar-refractivity contribution in [3.63, 3.8) is 0 Å². The Hall–Kier alpha value is -1.89. The first kappa shape index (κ1) is 12.2. The zero-order valence-corrected chi connectivity index (χ0v) is 9.00. The fourth-order valence-corrected chi connectivity index (χ4v) is 1.17. The maximum atomic E-state index is 13.4. The first-order chi connectivity index (χ1) is 7.65. The summed E-state index contributed by atoms with van der Waals surface area (Å²) in [6, 6.07) is 6.08. The highest BCUT2D eigenvalue weighted by molar-refractivity contribution is 5.94. The molecule has 0 saturated heterocycles. The van der Waals surface area contributed by atoms with Crippen molar-refractivity contribution >= 4 is 5.78 Å². The van der Waals surface area contributed by atoms with Gasteiger partial charge in [-0.3, -0.25) is 4.79 Å². The third kappa shape index (κ3) is 3.35. The minimum atomic E-state index is -0.551. The number of nitrogens with zero attached hydrogens (tertiary/aromatic N) is 1. The van der Waals surface area contributed by atoms with Gasteiger partial charge in [-0.25, -0.2) is 4.39 Å². The number of hydrogen-bond donors (Lipinski definition) is 0. The van der Waals surface area contributed by atoms with Crippen LogP contribution in [0.15, 0.2) is 18.2 Å². The van der Waals surface area contributed by atoms with Gasteiger partial charge in [-0.05, 0) is 31.5 Å². The summed E-state index contributed by atoms with van der Waals surface area (Å²) in [6.07, 6.45) is 0.942. The minimum Gasteiger partial charge on any atom is -0.490 e. The highest BCUT2D eigenvalue weighted by Gasteiger charge is 2.06. The van der Waals surface area contributed by atoms with E-state index in [1.807, 2.05) is 6.07 Å². The van der Waals surface area contributed by atoms with Crippen LogP contribution in [0.5, 0.6) is 5.75 Å². The van der Waals surface area contributed by atoms with Crippen molar-refractivity contribution in [2.45, 2.75) is 19.8 Å². The molecular formula is C12H12FNO2. The number of unbranched alkanes of at least 4 members (excludes halogenated alkanes) is 1. The number of hydrogen-bond acceptors (Lipinski definition) is 3. The van der Waals surface area contributed by atoms with Gasteiger partial charge in [0.1, 0.15) is 0 Å². The van der Waals surface area contributed by atoms with E-state index in [2.05, 4.69) is 0 Å². The molecule has 3 nitrogen and oxygen atoms in total. The average molecular weight is 221 g/mol. The van der Waals surface area contributed by atoms with E-state index < -0.39 is 5.82 Å². The van der Waals surface area contributed by atoms with Gasteiger partial charge in [-0.1, -0.05) is 0 Å². The molecule has 0 amide bonds. The topological polar surface area (TPSA) is 50.1 Å². The largest absolute Gasteiger partial charge is 0.490 e. The van der Waals surface area contributed by atoms with Gasteiger partial charge in [0.15, 0.2) is 17.3 Å². The number of nitriles is 1. The third-order valence-corrected chi connectivity index (χ3v) is 2.03. The van der Waals surface area contributed by atoms with E-state index in [0.717, 1.165) is 6.07 Å². The van der Waals surface area contributed by atoms with Crippen LogP contribution in [-0.4, -0.2) is 12.4 Å². The van der Waals surface area contributed by atoms with E-state index in [1.54, 1.807) is 0 Å². The summed E-state index contributed by atoms with van der Waals surface area (Å²) in [5.74, 6) is -0.623. The number of rotatable bonds is 5. The van der Waals surface area contributed by atoms with Crippen LogP contribution in [0.4, 0.5) is 4.39 Å². The molecular weight excluding hydrogens is 209 g/mol. The molecule has 0 saturated carbocycles. The Morgan fingerprint density at radius 1 is 1.56 bits per heavy atom. The molecule has 0 aliphatic rings. The average Bonchev–Trinajstić information content (AvgIpc) is 2.26. The summed E-state index contributed by atoms with van der Waals surface area (Å²) in [5.41, 5.74) is 0.321. The van der Waals surface area contributed by atoms with Crippen molar-refractivity contribution in [2.24, 2.45) is 0 Å². The van der Waals surface area contributed by atoms with Crippen molar-refractivity contribution in [3.8, 4) is 11.8 Å². The lowest BCUT2D eigenvalue weighted by Gasteiger charge is -2.06. The lowest BCUT2D eigenvalue weighted by Crippen LogP contribution is -2.00. The molecule has 1 rings (SSSR count). The van der Waals surface area contributed by atoms with E-state index >= 15 is 0 Å². The molecule has 16 heavy (non-hydrogen) atoms. The number of halogens is 1. The molecule has 4 heteroatoms. The number of carbonyl (C=O) groups excluding carboxylic acids is 1. The molecule has 0 unspecified atom stereocenters. The van der Waals surface area contributed by atoms with Crippen LogP contribution in [0, 0.1) is 17.1 Å². The normalized spacial score (nSPS) is 9.56. The van der Waals surface area contributed by atoms with Gasteiger partial charge in [-0.15, -0.1) is 0 Å². The highest BCUT2D eigenvalue weighted by Crippen LogP contribution is 2.18. The maximum absolute atomic E-state index is 13.4. The Balaban J connectivity index is 2.62. The Morgan fingerprint density at radius 2 is 2.31 bits per heavy atom. The van der Waals surface area contributed by atoms with E-state index in [0.29, 0.717) is 25.0 Å². The third-order valence-electron chi connectivity index (χ3n) is 2.03. The number of Topliss-reactive ketones (excluding diaryl/α,β-unsaturated/α-hetero) is 1. The van der Waals surface area contributed by atoms with E-state index in [4.69, 9.17) is 10.00 Å². The van der Waals surface area contributed by atoms with Gasteiger partial charge < -0.3 is 4.74 Å². The maximum Gasteiger partial charge on any atom is 0.165 e. The highest BCUT2D eigenvalue weighted by atomic mass is 19.1. The summed E-state index contributed by atoms with van der Waals surface area (Å²) in [6.45, 7) is 1.67. The number of carbonyl (C=O) groups is 1. The first-order valence-electron chi connectivity index (χ1n) is 4.95. The van der Waals surface area contributed by atoms with Crippen LogP contribution in [0.25, 0.3) is 0 Å². The van der Waals surface area contributed by atoms with Gasteiger partial charge in [0.2, 0.25) is 0 Å². The van der Waals surface area contributed by atoms with Crippen molar-refractivity contribution in [1.29, 1.82) is 5.26 Å². The second-order valence-electron chi connectivity index (χ2n) is 3.31. The fourth-order valence-electron chi connectivity index (χ4n) is 1.17. The van der Waals surface area contributed by atoms with Crippen molar-refractivity contribution < 1.29 is 13.9 Å². The lowest BCUT2D eigenvalue weighted by molar-refractivity contribution is 0.101. The van der Waals surface area contributed by atoms with E-state index in [1.165, 1.54) is 19.1 Å². The Labute approximate surface area is 93.5 Å². The summed E-state index contributed by atoms with van der Waals surface area (Å²) in [4.78, 5) is 11.0. The van der Waals surface area contributed by atoms with Gasteiger partial charge >= 0.3 is 0 Å². The predicted octanol–water partition coefficient (Wildman–Crippen LogP) is 2.71. The summed E-state index contributed by atoms with van der Waals surface area (Å²) < 4.78 is 18.5. The van der Waals surface area contributed by atoms with Crippen LogP contribution >= 0.6 is 0 Å². The van der Waals surface area contributed by atoms with Crippen LogP contribution in [-0.2, 0) is 0 Å². The van der Waals surface area contributed by atoms with Crippen LogP contribution in [0.3, 0.4) is 0 Å². The lowest BCUT2D eigenvalue weighted by atomic mass is 10.1. The Kier molecular flexibility index (Phi) is 4.46. The van der Waals surface area contributed by atoms with E-state index in [9.17, 15) is 9.18 Å². The second-order valence-corrected chi connectivity index (χ2v) is 3.31. The molecule has 0 bridgehead atoms.